The van der Waals surface area contributed by atoms with E-state index in [1.807, 2.05) is 12.3 Å². The monoisotopic (exact) mass is 182 g/mol. The van der Waals surface area contributed by atoms with Crippen molar-refractivity contribution in [2.75, 3.05) is 0 Å². The van der Waals surface area contributed by atoms with Crippen molar-refractivity contribution in [3.63, 3.8) is 0 Å². The molecule has 0 spiro atoms. The third kappa shape index (κ3) is 1.32. The number of hydrogen-bond donors (Lipinski definition) is 1. The second kappa shape index (κ2) is 3.04. The number of halogens is 1. The Labute approximate surface area is 76.7 Å². The highest BCUT2D eigenvalue weighted by Crippen LogP contribution is 2.28. The molecule has 0 radical (unpaired) electrons. The van der Waals surface area contributed by atoms with E-state index in [4.69, 9.17) is 17.3 Å². The van der Waals surface area contributed by atoms with Gasteiger partial charge in [0.1, 0.15) is 5.15 Å². The summed E-state index contributed by atoms with van der Waals surface area (Å²) in [5.74, 6) is 0. The van der Waals surface area contributed by atoms with Gasteiger partial charge < -0.3 is 5.73 Å². The zero-order valence-electron chi connectivity index (χ0n) is 6.76. The lowest BCUT2D eigenvalue weighted by Crippen LogP contribution is -2.17. The second-order valence-corrected chi connectivity index (χ2v) is 3.59. The first-order valence-corrected chi connectivity index (χ1v) is 4.55. The van der Waals surface area contributed by atoms with E-state index >= 15 is 0 Å². The number of rotatable bonds is 0. The Morgan fingerprint density at radius 1 is 1.58 bits per heavy atom. The first-order chi connectivity index (χ1) is 5.77. The zero-order chi connectivity index (χ0) is 8.55. The molecule has 2 N–H and O–H groups in total. The molecule has 0 unspecified atom stereocenters. The maximum atomic E-state index is 5.91. The molecule has 0 fully saturated rings. The van der Waals surface area contributed by atoms with Gasteiger partial charge >= 0.3 is 0 Å². The summed E-state index contributed by atoms with van der Waals surface area (Å²) in [5.41, 5.74) is 8.36. The van der Waals surface area contributed by atoms with E-state index in [0.717, 1.165) is 19.3 Å². The molecule has 1 heterocycles. The molecule has 0 aliphatic heterocycles. The Hall–Kier alpha value is -0.600. The van der Waals surface area contributed by atoms with Gasteiger partial charge in [-0.05, 0) is 36.5 Å². The van der Waals surface area contributed by atoms with Gasteiger partial charge in [-0.25, -0.2) is 4.98 Å². The van der Waals surface area contributed by atoms with Gasteiger partial charge in [0, 0.05) is 12.2 Å². The molecular formula is C9H11ClN2. The third-order valence-electron chi connectivity index (χ3n) is 2.35. The fourth-order valence-corrected chi connectivity index (χ4v) is 1.88. The van der Waals surface area contributed by atoms with Gasteiger partial charge in [0.25, 0.3) is 0 Å². The highest BCUT2D eigenvalue weighted by molar-refractivity contribution is 6.29. The van der Waals surface area contributed by atoms with Crippen LogP contribution in [0, 0.1) is 0 Å². The molecular weight excluding hydrogens is 172 g/mol. The van der Waals surface area contributed by atoms with Gasteiger partial charge in [-0.3, -0.25) is 0 Å². The largest absolute Gasteiger partial charge is 0.324 e. The molecule has 2 nitrogen and oxygen atoms in total. The van der Waals surface area contributed by atoms with Gasteiger partial charge in [-0.15, -0.1) is 0 Å². The Morgan fingerprint density at radius 2 is 2.42 bits per heavy atom. The summed E-state index contributed by atoms with van der Waals surface area (Å²) in [6, 6.07) is 2.09. The van der Waals surface area contributed by atoms with Crippen LogP contribution in [0.2, 0.25) is 5.15 Å². The highest BCUT2D eigenvalue weighted by Gasteiger charge is 2.16. The van der Waals surface area contributed by atoms with Crippen molar-refractivity contribution >= 4 is 11.6 Å². The highest BCUT2D eigenvalue weighted by atomic mass is 35.5. The minimum Gasteiger partial charge on any atom is -0.324 e. The van der Waals surface area contributed by atoms with Crippen LogP contribution in [-0.2, 0) is 6.42 Å². The topological polar surface area (TPSA) is 38.9 Å². The number of nitrogens with zero attached hydrogens (tertiary/aromatic N) is 1. The van der Waals surface area contributed by atoms with Crippen LogP contribution in [0.25, 0.3) is 0 Å². The molecule has 1 aliphatic rings. The Bertz CT molecular complexity index is 299. The fraction of sp³-hybridized carbons (Fsp3) is 0.444. The lowest BCUT2D eigenvalue weighted by Gasteiger charge is -2.21. The van der Waals surface area contributed by atoms with E-state index in [1.54, 1.807) is 0 Å². The average molecular weight is 183 g/mol. The SMILES string of the molecule is N[C@H]1CCCc2cc(Cl)ncc21. The summed E-state index contributed by atoms with van der Waals surface area (Å²) in [6.45, 7) is 0. The fourth-order valence-electron chi connectivity index (χ4n) is 1.70. The van der Waals surface area contributed by atoms with Gasteiger partial charge in [0.2, 0.25) is 0 Å². The molecule has 3 heteroatoms. The molecule has 0 saturated heterocycles. The second-order valence-electron chi connectivity index (χ2n) is 3.20. The van der Waals surface area contributed by atoms with Crippen molar-refractivity contribution in [3.05, 3.63) is 28.5 Å². The summed E-state index contributed by atoms with van der Waals surface area (Å²) in [6.07, 6.45) is 5.12. The van der Waals surface area contributed by atoms with Crippen LogP contribution in [0.4, 0.5) is 0 Å². The van der Waals surface area contributed by atoms with Crippen LogP contribution < -0.4 is 5.73 Å². The van der Waals surface area contributed by atoms with Crippen LogP contribution >= 0.6 is 11.6 Å². The maximum Gasteiger partial charge on any atom is 0.129 e. The Balaban J connectivity index is 2.46. The zero-order valence-corrected chi connectivity index (χ0v) is 7.51. The average Bonchev–Trinajstić information content (AvgIpc) is 2.04. The lowest BCUT2D eigenvalue weighted by atomic mass is 9.90. The molecule has 1 aliphatic carbocycles. The van der Waals surface area contributed by atoms with Crippen molar-refractivity contribution in [1.29, 1.82) is 0 Å². The number of nitrogens with two attached hydrogens (primary N) is 1. The Kier molecular flexibility index (Phi) is 2.03. The van der Waals surface area contributed by atoms with Crippen LogP contribution in [0.1, 0.15) is 30.0 Å². The Morgan fingerprint density at radius 3 is 3.25 bits per heavy atom. The molecule has 2 rings (SSSR count). The van der Waals surface area contributed by atoms with Gasteiger partial charge in [-0.1, -0.05) is 11.6 Å². The van der Waals surface area contributed by atoms with E-state index in [9.17, 15) is 0 Å². The van der Waals surface area contributed by atoms with E-state index in [-0.39, 0.29) is 6.04 Å². The van der Waals surface area contributed by atoms with Gasteiger partial charge in [0.05, 0.1) is 0 Å². The van der Waals surface area contributed by atoms with Crippen LogP contribution in [0.15, 0.2) is 12.3 Å². The predicted molar refractivity (Wildman–Crippen MR) is 49.1 cm³/mol. The van der Waals surface area contributed by atoms with E-state index in [0.29, 0.717) is 5.15 Å². The van der Waals surface area contributed by atoms with Gasteiger partial charge in [0.15, 0.2) is 0 Å². The first kappa shape index (κ1) is 8.02. The summed E-state index contributed by atoms with van der Waals surface area (Å²) >= 11 is 5.77. The molecule has 0 aromatic carbocycles. The number of hydrogen-bond acceptors (Lipinski definition) is 2. The minimum absolute atomic E-state index is 0.165. The summed E-state index contributed by atoms with van der Waals surface area (Å²) < 4.78 is 0. The van der Waals surface area contributed by atoms with Gasteiger partial charge in [-0.2, -0.15) is 0 Å². The molecule has 0 bridgehead atoms. The predicted octanol–water partition coefficient (Wildman–Crippen LogP) is 2.07. The van der Waals surface area contributed by atoms with Crippen LogP contribution in [0.5, 0.6) is 0 Å². The van der Waals surface area contributed by atoms with Crippen molar-refractivity contribution in [2.24, 2.45) is 5.73 Å². The van der Waals surface area contributed by atoms with Crippen molar-refractivity contribution in [3.8, 4) is 0 Å². The van der Waals surface area contributed by atoms with E-state index in [1.165, 1.54) is 11.1 Å². The third-order valence-corrected chi connectivity index (χ3v) is 2.56. The first-order valence-electron chi connectivity index (χ1n) is 4.17. The van der Waals surface area contributed by atoms with E-state index in [2.05, 4.69) is 4.98 Å². The van der Waals surface area contributed by atoms with Crippen molar-refractivity contribution < 1.29 is 0 Å². The maximum absolute atomic E-state index is 5.91. The summed E-state index contributed by atoms with van der Waals surface area (Å²) in [5, 5.41) is 0.572. The van der Waals surface area contributed by atoms with Crippen molar-refractivity contribution in [2.45, 2.75) is 25.3 Å². The molecule has 1 aromatic rings. The molecule has 0 saturated carbocycles. The number of fused-ring (bicyclic) bond motifs is 1. The van der Waals surface area contributed by atoms with Crippen LogP contribution in [0.3, 0.4) is 0 Å². The summed E-state index contributed by atoms with van der Waals surface area (Å²) in [4.78, 5) is 4.03. The smallest absolute Gasteiger partial charge is 0.129 e. The van der Waals surface area contributed by atoms with Crippen molar-refractivity contribution in [1.82, 2.24) is 4.98 Å². The lowest BCUT2D eigenvalue weighted by molar-refractivity contribution is 0.568. The minimum atomic E-state index is 0.165. The molecule has 64 valence electrons. The van der Waals surface area contributed by atoms with E-state index < -0.39 is 0 Å². The normalized spacial score (nSPS) is 22.0. The quantitative estimate of drug-likeness (QED) is 0.624. The number of pyridine rings is 1. The standard InChI is InChI=1S/C9H11ClN2/c10-9-4-6-2-1-3-8(11)7(6)5-12-9/h4-5,8H,1-3,11H2/t8-/m0/s1. The molecule has 1 atom stereocenters. The summed E-state index contributed by atoms with van der Waals surface area (Å²) in [7, 11) is 0. The molecule has 12 heavy (non-hydrogen) atoms. The number of aromatic nitrogens is 1. The molecule has 0 amide bonds. The van der Waals surface area contributed by atoms with Crippen LogP contribution in [-0.4, -0.2) is 4.98 Å². The number of aryl methyl sites for hydroxylation is 1. The molecule has 1 aromatic heterocycles.